The van der Waals surface area contributed by atoms with Gasteiger partial charge in [-0.2, -0.15) is 18.3 Å². The molecule has 0 radical (unpaired) electrons. The van der Waals surface area contributed by atoms with Gasteiger partial charge < -0.3 is 5.11 Å². The lowest BCUT2D eigenvalue weighted by molar-refractivity contribution is -0.142. The fourth-order valence-electron chi connectivity index (χ4n) is 1.34. The van der Waals surface area contributed by atoms with Crippen molar-refractivity contribution in [1.29, 1.82) is 0 Å². The Balaban J connectivity index is 2.91. The quantitative estimate of drug-likeness (QED) is 0.797. The lowest BCUT2D eigenvalue weighted by atomic mass is 10.2. The Morgan fingerprint density at radius 3 is 2.56 bits per heavy atom. The second kappa shape index (κ2) is 5.29. The van der Waals surface area contributed by atoms with Crippen LogP contribution in [0.2, 0.25) is 0 Å². The van der Waals surface area contributed by atoms with Gasteiger partial charge in [-0.25, -0.2) is 0 Å². The molecule has 0 aromatic carbocycles. The number of hydrogen-bond donors (Lipinski definition) is 1. The number of halogens is 4. The molecule has 0 bridgehead atoms. The number of aliphatic hydroxyl groups excluding tert-OH is 1. The van der Waals surface area contributed by atoms with Crippen LogP contribution in [0.15, 0.2) is 6.20 Å². The Morgan fingerprint density at radius 1 is 1.38 bits per heavy atom. The Kier molecular flexibility index (Phi) is 4.28. The van der Waals surface area contributed by atoms with Crippen molar-refractivity contribution < 1.29 is 22.7 Å². The van der Waals surface area contributed by atoms with Crippen LogP contribution in [0.5, 0.6) is 0 Å². The lowest BCUT2D eigenvalue weighted by Gasteiger charge is -2.04. The van der Waals surface area contributed by atoms with Crippen molar-refractivity contribution in [2.75, 3.05) is 13.3 Å². The Morgan fingerprint density at radius 2 is 2.06 bits per heavy atom. The zero-order chi connectivity index (χ0) is 12.2. The van der Waals surface area contributed by atoms with E-state index in [1.807, 2.05) is 0 Å². The molecule has 0 aliphatic heterocycles. The summed E-state index contributed by atoms with van der Waals surface area (Å²) >= 11 is 0. The van der Waals surface area contributed by atoms with Gasteiger partial charge in [0.15, 0.2) is 5.69 Å². The molecule has 3 nitrogen and oxygen atoms in total. The first kappa shape index (κ1) is 13.0. The van der Waals surface area contributed by atoms with E-state index in [4.69, 9.17) is 5.11 Å². The van der Waals surface area contributed by atoms with Gasteiger partial charge in [-0.15, -0.1) is 0 Å². The fraction of sp³-hybridized carbons (Fsp3) is 0.667. The molecular formula is C9H12F4N2O. The second-order valence-electron chi connectivity index (χ2n) is 3.28. The maximum absolute atomic E-state index is 12.5. The van der Waals surface area contributed by atoms with Crippen LogP contribution < -0.4 is 0 Å². The molecule has 92 valence electrons. The molecule has 0 spiro atoms. The van der Waals surface area contributed by atoms with Crippen molar-refractivity contribution in [1.82, 2.24) is 9.78 Å². The molecule has 1 N–H and O–H groups in total. The van der Waals surface area contributed by atoms with Crippen LogP contribution in [0, 0.1) is 0 Å². The largest absolute Gasteiger partial charge is 0.435 e. The van der Waals surface area contributed by atoms with Gasteiger partial charge in [-0.05, 0) is 12.8 Å². The van der Waals surface area contributed by atoms with E-state index in [0.717, 1.165) is 4.68 Å². The van der Waals surface area contributed by atoms with Gasteiger partial charge in [-0.1, -0.05) is 0 Å². The summed E-state index contributed by atoms with van der Waals surface area (Å²) in [7, 11) is 0. The minimum Gasteiger partial charge on any atom is -0.396 e. The molecule has 0 fully saturated rings. The summed E-state index contributed by atoms with van der Waals surface area (Å²) in [5.41, 5.74) is -1.06. The predicted octanol–water partition coefficient (Wildman–Crippen LogP) is 1.80. The summed E-state index contributed by atoms with van der Waals surface area (Å²) in [4.78, 5) is 0. The first-order valence-corrected chi connectivity index (χ1v) is 4.79. The molecule has 1 rings (SSSR count). The number of alkyl halides is 4. The monoisotopic (exact) mass is 240 g/mol. The van der Waals surface area contributed by atoms with Crippen molar-refractivity contribution in [2.24, 2.45) is 0 Å². The third-order valence-electron chi connectivity index (χ3n) is 2.01. The van der Waals surface area contributed by atoms with Crippen molar-refractivity contribution in [3.8, 4) is 0 Å². The van der Waals surface area contributed by atoms with E-state index in [-0.39, 0.29) is 31.6 Å². The van der Waals surface area contributed by atoms with Crippen LogP contribution in [0.1, 0.15) is 17.7 Å². The molecule has 1 aromatic heterocycles. The number of aromatic nitrogens is 2. The average molecular weight is 240 g/mol. The van der Waals surface area contributed by atoms with E-state index in [1.54, 1.807) is 0 Å². The van der Waals surface area contributed by atoms with E-state index >= 15 is 0 Å². The van der Waals surface area contributed by atoms with E-state index in [2.05, 4.69) is 5.10 Å². The first-order valence-electron chi connectivity index (χ1n) is 4.79. The number of aliphatic hydroxyl groups is 1. The highest BCUT2D eigenvalue weighted by atomic mass is 19.4. The van der Waals surface area contributed by atoms with Gasteiger partial charge in [-0.3, -0.25) is 9.07 Å². The minimum atomic E-state index is -4.54. The highest BCUT2D eigenvalue weighted by molar-refractivity contribution is 5.20. The fourth-order valence-corrected chi connectivity index (χ4v) is 1.34. The normalized spacial score (nSPS) is 12.1. The Labute approximate surface area is 89.7 Å². The second-order valence-corrected chi connectivity index (χ2v) is 3.28. The predicted molar refractivity (Wildman–Crippen MR) is 48.6 cm³/mol. The molecule has 0 amide bonds. The molecule has 0 atom stereocenters. The van der Waals surface area contributed by atoms with E-state index in [1.165, 1.54) is 6.20 Å². The molecule has 0 saturated heterocycles. The van der Waals surface area contributed by atoms with Crippen molar-refractivity contribution in [3.05, 3.63) is 17.5 Å². The number of hydrogen-bond acceptors (Lipinski definition) is 2. The molecule has 1 aromatic rings. The van der Waals surface area contributed by atoms with Crippen LogP contribution in [-0.2, 0) is 19.1 Å². The van der Waals surface area contributed by atoms with E-state index in [9.17, 15) is 17.6 Å². The summed E-state index contributed by atoms with van der Waals surface area (Å²) in [6, 6.07) is 0. The summed E-state index contributed by atoms with van der Waals surface area (Å²) in [5, 5.41) is 12.0. The molecule has 16 heavy (non-hydrogen) atoms. The van der Waals surface area contributed by atoms with Crippen molar-refractivity contribution in [2.45, 2.75) is 25.6 Å². The maximum Gasteiger partial charge on any atom is 0.435 e. The summed E-state index contributed by atoms with van der Waals surface area (Å²) < 4.78 is 50.4. The van der Waals surface area contributed by atoms with Crippen molar-refractivity contribution in [3.63, 3.8) is 0 Å². The van der Waals surface area contributed by atoms with Gasteiger partial charge in [0.05, 0.1) is 6.67 Å². The van der Waals surface area contributed by atoms with Crippen LogP contribution in [0.25, 0.3) is 0 Å². The summed E-state index contributed by atoms with van der Waals surface area (Å²) in [5.74, 6) is 0. The maximum atomic E-state index is 12.5. The van der Waals surface area contributed by atoms with E-state index < -0.39 is 18.5 Å². The summed E-state index contributed by atoms with van der Waals surface area (Å²) in [6.45, 7) is -0.876. The van der Waals surface area contributed by atoms with Gasteiger partial charge >= 0.3 is 6.18 Å². The zero-order valence-electron chi connectivity index (χ0n) is 8.47. The van der Waals surface area contributed by atoms with Gasteiger partial charge in [0.25, 0.3) is 0 Å². The van der Waals surface area contributed by atoms with Crippen LogP contribution in [0.3, 0.4) is 0 Å². The molecule has 0 saturated carbocycles. The smallest absolute Gasteiger partial charge is 0.396 e. The van der Waals surface area contributed by atoms with Crippen LogP contribution in [-0.4, -0.2) is 28.2 Å². The molecule has 0 unspecified atom stereocenters. The van der Waals surface area contributed by atoms with E-state index in [0.29, 0.717) is 0 Å². The Bertz CT molecular complexity index is 335. The van der Waals surface area contributed by atoms with Crippen LogP contribution in [0.4, 0.5) is 17.6 Å². The first-order chi connectivity index (χ1) is 7.49. The van der Waals surface area contributed by atoms with Crippen LogP contribution >= 0.6 is 0 Å². The average Bonchev–Trinajstić information content (AvgIpc) is 2.58. The van der Waals surface area contributed by atoms with Gasteiger partial charge in [0, 0.05) is 24.9 Å². The SMILES string of the molecule is OCCc1cn(CCCF)nc1C(F)(F)F. The molecule has 0 aliphatic rings. The Hall–Kier alpha value is -1.11. The zero-order valence-corrected chi connectivity index (χ0v) is 8.47. The topological polar surface area (TPSA) is 38.0 Å². The van der Waals surface area contributed by atoms with Gasteiger partial charge in [0.2, 0.25) is 0 Å². The highest BCUT2D eigenvalue weighted by Gasteiger charge is 2.36. The minimum absolute atomic E-state index is 0.0612. The highest BCUT2D eigenvalue weighted by Crippen LogP contribution is 2.30. The van der Waals surface area contributed by atoms with Crippen molar-refractivity contribution >= 4 is 0 Å². The molecule has 0 aliphatic carbocycles. The molecule has 7 heteroatoms. The third-order valence-corrected chi connectivity index (χ3v) is 2.01. The lowest BCUT2D eigenvalue weighted by Crippen LogP contribution is -2.10. The standard InChI is InChI=1S/C9H12F4N2O/c10-3-1-4-15-6-7(2-5-16)8(14-15)9(11,12)13/h6,16H,1-5H2. The molecular weight excluding hydrogens is 228 g/mol. The third kappa shape index (κ3) is 3.19. The number of aryl methyl sites for hydroxylation is 1. The number of nitrogens with zero attached hydrogens (tertiary/aromatic N) is 2. The number of rotatable bonds is 5. The summed E-state index contributed by atoms with van der Waals surface area (Å²) in [6.07, 6.45) is -3.32. The van der Waals surface area contributed by atoms with Gasteiger partial charge in [0.1, 0.15) is 0 Å². The molecule has 1 heterocycles.